The van der Waals surface area contributed by atoms with Gasteiger partial charge in [0.2, 0.25) is 5.65 Å². The molecule has 2 aromatic carbocycles. The Hall–Kier alpha value is -3.48. The van der Waals surface area contributed by atoms with Crippen LogP contribution in [0.2, 0.25) is 0 Å². The number of benzene rings is 2. The molecule has 0 radical (unpaired) electrons. The van der Waals surface area contributed by atoms with Crippen LogP contribution in [0.15, 0.2) is 60.0 Å². The van der Waals surface area contributed by atoms with Crippen molar-refractivity contribution < 1.29 is 4.74 Å². The van der Waals surface area contributed by atoms with Gasteiger partial charge in [-0.15, -0.1) is 10.2 Å². The summed E-state index contributed by atoms with van der Waals surface area (Å²) in [7, 11) is 1.64. The van der Waals surface area contributed by atoms with Gasteiger partial charge in [0, 0.05) is 0 Å². The Bertz CT molecular complexity index is 1020. The maximum Gasteiger partial charge on any atom is 0.205 e. The molecule has 7 heteroatoms. The third-order valence-corrected chi connectivity index (χ3v) is 3.63. The number of hydrogen-bond acceptors (Lipinski definition) is 6. The van der Waals surface area contributed by atoms with Gasteiger partial charge in [-0.05, 0) is 42.0 Å². The van der Waals surface area contributed by atoms with Crippen molar-refractivity contribution in [3.8, 4) is 5.75 Å². The van der Waals surface area contributed by atoms with Gasteiger partial charge in [-0.1, -0.05) is 12.1 Å². The smallest absolute Gasteiger partial charge is 0.205 e. The zero-order valence-corrected chi connectivity index (χ0v) is 12.9. The van der Waals surface area contributed by atoms with Crippen LogP contribution in [-0.4, -0.2) is 32.9 Å². The van der Waals surface area contributed by atoms with Crippen molar-refractivity contribution in [2.24, 2.45) is 5.10 Å². The van der Waals surface area contributed by atoms with E-state index in [4.69, 9.17) is 4.74 Å². The van der Waals surface area contributed by atoms with E-state index in [0.717, 1.165) is 22.3 Å². The number of methoxy groups -OCH3 is 1. The first-order chi connectivity index (χ1) is 11.8. The van der Waals surface area contributed by atoms with Crippen molar-refractivity contribution >= 4 is 28.7 Å². The lowest BCUT2D eigenvalue weighted by Gasteiger charge is -2.05. The minimum Gasteiger partial charge on any atom is -0.497 e. The molecule has 0 atom stereocenters. The Morgan fingerprint density at radius 1 is 1.12 bits per heavy atom. The summed E-state index contributed by atoms with van der Waals surface area (Å²) >= 11 is 0. The number of para-hydroxylation sites is 2. The molecular weight excluding hydrogens is 304 g/mol. The van der Waals surface area contributed by atoms with Crippen LogP contribution in [0.25, 0.3) is 16.7 Å². The van der Waals surface area contributed by atoms with Crippen LogP contribution in [0.5, 0.6) is 5.75 Å². The molecule has 0 aliphatic carbocycles. The number of hydrogen-bond donors (Lipinski definition) is 1. The molecule has 0 fully saturated rings. The maximum atomic E-state index is 5.14. The lowest BCUT2D eigenvalue weighted by Crippen LogP contribution is -1.99. The molecule has 2 aromatic heterocycles. The fourth-order valence-corrected chi connectivity index (χ4v) is 2.44. The van der Waals surface area contributed by atoms with Gasteiger partial charge < -0.3 is 4.74 Å². The molecule has 1 N–H and O–H groups in total. The van der Waals surface area contributed by atoms with Gasteiger partial charge in [0.15, 0.2) is 5.82 Å². The summed E-state index contributed by atoms with van der Waals surface area (Å²) < 4.78 is 7.02. The third-order valence-electron chi connectivity index (χ3n) is 3.63. The molecular formula is C17H14N6O. The summed E-state index contributed by atoms with van der Waals surface area (Å²) in [4.78, 5) is 4.57. The molecule has 118 valence electrons. The van der Waals surface area contributed by atoms with Gasteiger partial charge in [-0.2, -0.15) is 5.10 Å². The molecule has 24 heavy (non-hydrogen) atoms. The maximum absolute atomic E-state index is 5.14. The fraction of sp³-hybridized carbons (Fsp3) is 0.0588. The number of ether oxygens (including phenoxy) is 1. The van der Waals surface area contributed by atoms with Gasteiger partial charge in [0.25, 0.3) is 0 Å². The molecule has 0 spiro atoms. The molecule has 2 heterocycles. The SMILES string of the molecule is COc1ccc(/C=N\Nc2nc3ccccc3n3cnnc23)cc1. The van der Waals surface area contributed by atoms with E-state index in [1.807, 2.05) is 52.9 Å². The van der Waals surface area contributed by atoms with Crippen LogP contribution in [0.4, 0.5) is 5.82 Å². The van der Waals surface area contributed by atoms with Gasteiger partial charge in [0.1, 0.15) is 12.1 Å². The summed E-state index contributed by atoms with van der Waals surface area (Å²) in [6.45, 7) is 0. The lowest BCUT2D eigenvalue weighted by atomic mass is 10.2. The molecule has 0 amide bonds. The highest BCUT2D eigenvalue weighted by Crippen LogP contribution is 2.19. The Balaban J connectivity index is 1.65. The van der Waals surface area contributed by atoms with Crippen LogP contribution in [0, 0.1) is 0 Å². The first-order valence-electron chi connectivity index (χ1n) is 7.37. The summed E-state index contributed by atoms with van der Waals surface area (Å²) in [6, 6.07) is 15.4. The number of anilines is 1. The van der Waals surface area contributed by atoms with Crippen molar-refractivity contribution in [2.45, 2.75) is 0 Å². The standard InChI is InChI=1S/C17H14N6O/c1-24-13-8-6-12(7-9-13)10-18-21-16-17-22-19-11-23(17)15-5-3-2-4-14(15)20-16/h2-11H,1H3,(H,20,21)/b18-10-. The number of fused-ring (bicyclic) bond motifs is 3. The fourth-order valence-electron chi connectivity index (χ4n) is 2.44. The predicted octanol–water partition coefficient (Wildman–Crippen LogP) is 2.73. The number of nitrogens with one attached hydrogen (secondary N) is 1. The van der Waals surface area contributed by atoms with Crippen molar-refractivity contribution in [1.29, 1.82) is 0 Å². The van der Waals surface area contributed by atoms with E-state index in [0.29, 0.717) is 11.5 Å². The quantitative estimate of drug-likeness (QED) is 0.462. The van der Waals surface area contributed by atoms with E-state index in [-0.39, 0.29) is 0 Å². The van der Waals surface area contributed by atoms with E-state index in [1.54, 1.807) is 19.7 Å². The van der Waals surface area contributed by atoms with Crippen LogP contribution in [0.1, 0.15) is 5.56 Å². The minimum atomic E-state index is 0.552. The van der Waals surface area contributed by atoms with Crippen molar-refractivity contribution in [3.63, 3.8) is 0 Å². The number of hydrazone groups is 1. The van der Waals surface area contributed by atoms with E-state index < -0.39 is 0 Å². The van der Waals surface area contributed by atoms with E-state index in [9.17, 15) is 0 Å². The minimum absolute atomic E-state index is 0.552. The lowest BCUT2D eigenvalue weighted by molar-refractivity contribution is 0.415. The average Bonchev–Trinajstić information content (AvgIpc) is 3.13. The van der Waals surface area contributed by atoms with E-state index >= 15 is 0 Å². The second-order valence-corrected chi connectivity index (χ2v) is 5.12. The molecule has 0 aliphatic heterocycles. The number of rotatable bonds is 4. The van der Waals surface area contributed by atoms with Gasteiger partial charge in [0.05, 0.1) is 24.4 Å². The molecule has 4 rings (SSSR count). The van der Waals surface area contributed by atoms with Crippen LogP contribution in [0.3, 0.4) is 0 Å². The highest BCUT2D eigenvalue weighted by atomic mass is 16.5. The summed E-state index contributed by atoms with van der Waals surface area (Å²) in [5, 5.41) is 12.3. The van der Waals surface area contributed by atoms with Crippen molar-refractivity contribution in [1.82, 2.24) is 19.6 Å². The summed E-state index contributed by atoms with van der Waals surface area (Å²) in [5.41, 5.74) is 6.30. The number of aromatic nitrogens is 4. The van der Waals surface area contributed by atoms with Crippen LogP contribution < -0.4 is 10.2 Å². The Labute approximate surface area is 137 Å². The van der Waals surface area contributed by atoms with Gasteiger partial charge in [-0.3, -0.25) is 9.83 Å². The molecule has 0 saturated heterocycles. The predicted molar refractivity (Wildman–Crippen MR) is 92.5 cm³/mol. The van der Waals surface area contributed by atoms with Crippen LogP contribution >= 0.6 is 0 Å². The Morgan fingerprint density at radius 3 is 2.79 bits per heavy atom. The number of nitrogens with zero attached hydrogens (tertiary/aromatic N) is 5. The van der Waals surface area contributed by atoms with E-state index in [1.165, 1.54) is 0 Å². The molecule has 0 saturated carbocycles. The van der Waals surface area contributed by atoms with Crippen LogP contribution in [-0.2, 0) is 0 Å². The zero-order chi connectivity index (χ0) is 16.4. The molecule has 0 aliphatic rings. The normalized spacial score (nSPS) is 11.4. The summed E-state index contributed by atoms with van der Waals surface area (Å²) in [6.07, 6.45) is 3.38. The molecule has 0 unspecified atom stereocenters. The largest absolute Gasteiger partial charge is 0.497 e. The monoisotopic (exact) mass is 318 g/mol. The summed E-state index contributed by atoms with van der Waals surface area (Å²) in [5.74, 6) is 1.36. The first kappa shape index (κ1) is 14.1. The third kappa shape index (κ3) is 2.52. The molecule has 4 aromatic rings. The molecule has 0 bridgehead atoms. The Kier molecular flexibility index (Phi) is 3.51. The van der Waals surface area contributed by atoms with Gasteiger partial charge in [-0.25, -0.2) is 4.98 Å². The second-order valence-electron chi connectivity index (χ2n) is 5.12. The average molecular weight is 318 g/mol. The van der Waals surface area contributed by atoms with Gasteiger partial charge >= 0.3 is 0 Å². The first-order valence-corrected chi connectivity index (χ1v) is 7.37. The second kappa shape index (κ2) is 5.96. The Morgan fingerprint density at radius 2 is 1.96 bits per heavy atom. The van der Waals surface area contributed by atoms with E-state index in [2.05, 4.69) is 25.7 Å². The highest BCUT2D eigenvalue weighted by molar-refractivity contribution is 5.84. The van der Waals surface area contributed by atoms with Crippen molar-refractivity contribution in [2.75, 3.05) is 12.5 Å². The highest BCUT2D eigenvalue weighted by Gasteiger charge is 2.08. The topological polar surface area (TPSA) is 76.7 Å². The zero-order valence-electron chi connectivity index (χ0n) is 12.9. The van der Waals surface area contributed by atoms with Crippen molar-refractivity contribution in [3.05, 3.63) is 60.4 Å². The molecule has 7 nitrogen and oxygen atoms in total.